The zero-order valence-electron chi connectivity index (χ0n) is 9.45. The second-order valence-electron chi connectivity index (χ2n) is 3.74. The first-order valence-electron chi connectivity index (χ1n) is 5.22. The van der Waals surface area contributed by atoms with E-state index in [1.54, 1.807) is 18.2 Å². The molecule has 0 aliphatic rings. The number of hydrogen-bond acceptors (Lipinski definition) is 2. The van der Waals surface area contributed by atoms with Crippen molar-refractivity contribution in [3.8, 4) is 0 Å². The number of amides is 1. The predicted molar refractivity (Wildman–Crippen MR) is 88.5 cm³/mol. The van der Waals surface area contributed by atoms with E-state index in [0.29, 0.717) is 24.2 Å². The van der Waals surface area contributed by atoms with Crippen LogP contribution < -0.4 is 5.32 Å². The van der Waals surface area contributed by atoms with Crippen LogP contribution in [0.5, 0.6) is 0 Å². The van der Waals surface area contributed by atoms with Gasteiger partial charge in [-0.05, 0) is 74.9 Å². The Morgan fingerprint density at radius 3 is 2.68 bits per heavy atom. The van der Waals surface area contributed by atoms with E-state index in [-0.39, 0.29) is 11.7 Å². The molecule has 0 bridgehead atoms. The maximum Gasteiger partial charge on any atom is 0.256 e. The number of carbonyl (C=O) groups is 1. The van der Waals surface area contributed by atoms with Crippen molar-refractivity contribution in [3.63, 3.8) is 0 Å². The van der Waals surface area contributed by atoms with Gasteiger partial charge in [-0.2, -0.15) is 0 Å². The Morgan fingerprint density at radius 2 is 2.00 bits per heavy atom. The van der Waals surface area contributed by atoms with Crippen LogP contribution in [0.1, 0.15) is 10.4 Å². The molecule has 0 aliphatic carbocycles. The number of carbonyl (C=O) groups excluding carboxylic acids is 1. The molecule has 98 valence electrons. The lowest BCUT2D eigenvalue weighted by atomic mass is 10.2. The first kappa shape index (κ1) is 14.8. The summed E-state index contributed by atoms with van der Waals surface area (Å²) in [6.07, 6.45) is 0. The second kappa shape index (κ2) is 6.23. The molecule has 0 unspecified atom stereocenters. The highest BCUT2D eigenvalue weighted by molar-refractivity contribution is 14.1. The smallest absolute Gasteiger partial charge is 0.256 e. The Kier molecular flexibility index (Phi) is 4.86. The Balaban J connectivity index is 2.28. The van der Waals surface area contributed by atoms with Gasteiger partial charge in [0.1, 0.15) is 5.82 Å². The molecule has 2 aromatic rings. The Morgan fingerprint density at radius 1 is 1.26 bits per heavy atom. The molecule has 0 atom stereocenters. The number of thiol groups is 1. The van der Waals surface area contributed by atoms with E-state index in [1.165, 1.54) is 18.2 Å². The third-order valence-electron chi connectivity index (χ3n) is 2.37. The van der Waals surface area contributed by atoms with Crippen LogP contribution >= 0.6 is 51.1 Å². The van der Waals surface area contributed by atoms with Gasteiger partial charge in [0.15, 0.2) is 0 Å². The standard InChI is InChI=1S/C13H8BrFINOS/c14-10-3-2-8(19)6-9(10)13(18)17-12-4-1-7(15)5-11(12)16/h1-6,19H,(H,17,18). The molecule has 0 aliphatic heterocycles. The van der Waals surface area contributed by atoms with Gasteiger partial charge in [0.25, 0.3) is 5.91 Å². The lowest BCUT2D eigenvalue weighted by Gasteiger charge is -2.09. The number of anilines is 1. The van der Waals surface area contributed by atoms with Crippen LogP contribution in [-0.2, 0) is 0 Å². The quantitative estimate of drug-likeness (QED) is 0.501. The van der Waals surface area contributed by atoms with E-state index in [0.717, 1.165) is 0 Å². The van der Waals surface area contributed by atoms with Gasteiger partial charge < -0.3 is 5.32 Å². The van der Waals surface area contributed by atoms with Crippen molar-refractivity contribution in [1.29, 1.82) is 0 Å². The molecule has 0 heterocycles. The van der Waals surface area contributed by atoms with Gasteiger partial charge >= 0.3 is 0 Å². The summed E-state index contributed by atoms with van der Waals surface area (Å²) < 4.78 is 14.3. The molecule has 19 heavy (non-hydrogen) atoms. The maximum atomic E-state index is 13.0. The fraction of sp³-hybridized carbons (Fsp3) is 0. The largest absolute Gasteiger partial charge is 0.321 e. The lowest BCUT2D eigenvalue weighted by molar-refractivity contribution is 0.102. The average Bonchev–Trinajstić information content (AvgIpc) is 2.35. The van der Waals surface area contributed by atoms with Gasteiger partial charge in [-0.15, -0.1) is 12.6 Å². The third-order valence-corrected chi connectivity index (χ3v) is 4.24. The van der Waals surface area contributed by atoms with Crippen molar-refractivity contribution in [2.75, 3.05) is 5.32 Å². The zero-order valence-corrected chi connectivity index (χ0v) is 14.1. The summed E-state index contributed by atoms with van der Waals surface area (Å²) in [5, 5.41) is 2.74. The molecular formula is C13H8BrFINOS. The topological polar surface area (TPSA) is 29.1 Å². The number of hydrogen-bond donors (Lipinski definition) is 2. The Hall–Kier alpha value is -0.600. The minimum Gasteiger partial charge on any atom is -0.321 e. The molecule has 2 rings (SSSR count). The van der Waals surface area contributed by atoms with Crippen molar-refractivity contribution in [2.24, 2.45) is 0 Å². The minimum atomic E-state index is -0.332. The van der Waals surface area contributed by atoms with Gasteiger partial charge in [0, 0.05) is 12.9 Å². The summed E-state index contributed by atoms with van der Waals surface area (Å²) >= 11 is 9.49. The highest BCUT2D eigenvalue weighted by atomic mass is 127. The van der Waals surface area contributed by atoms with Crippen LogP contribution in [0.3, 0.4) is 0 Å². The summed E-state index contributed by atoms with van der Waals surface area (Å²) in [6.45, 7) is 0. The van der Waals surface area contributed by atoms with Crippen LogP contribution in [0.25, 0.3) is 0 Å². The molecule has 2 nitrogen and oxygen atoms in total. The summed E-state index contributed by atoms with van der Waals surface area (Å²) in [6, 6.07) is 9.41. The van der Waals surface area contributed by atoms with E-state index in [1.807, 2.05) is 22.6 Å². The van der Waals surface area contributed by atoms with Crippen LogP contribution in [0.4, 0.5) is 10.1 Å². The number of nitrogens with one attached hydrogen (secondary N) is 1. The summed E-state index contributed by atoms with van der Waals surface area (Å²) in [7, 11) is 0. The van der Waals surface area contributed by atoms with Crippen molar-refractivity contribution >= 4 is 62.7 Å². The van der Waals surface area contributed by atoms with Crippen molar-refractivity contribution in [2.45, 2.75) is 4.90 Å². The van der Waals surface area contributed by atoms with Gasteiger partial charge in [0.2, 0.25) is 0 Å². The van der Waals surface area contributed by atoms with Crippen LogP contribution in [0.2, 0.25) is 0 Å². The van der Waals surface area contributed by atoms with Crippen LogP contribution in [0, 0.1) is 9.39 Å². The molecule has 6 heteroatoms. The second-order valence-corrected chi connectivity index (χ2v) is 6.28. The highest BCUT2D eigenvalue weighted by Gasteiger charge is 2.12. The van der Waals surface area contributed by atoms with E-state index < -0.39 is 0 Å². The van der Waals surface area contributed by atoms with E-state index >= 15 is 0 Å². The minimum absolute atomic E-state index is 0.271. The first-order chi connectivity index (χ1) is 8.97. The van der Waals surface area contributed by atoms with Crippen molar-refractivity contribution < 1.29 is 9.18 Å². The molecule has 0 spiro atoms. The number of halogens is 3. The van der Waals surface area contributed by atoms with Crippen molar-refractivity contribution in [1.82, 2.24) is 0 Å². The third kappa shape index (κ3) is 3.70. The maximum absolute atomic E-state index is 13.0. The fourth-order valence-electron chi connectivity index (χ4n) is 1.47. The van der Waals surface area contributed by atoms with Crippen molar-refractivity contribution in [3.05, 3.63) is 55.8 Å². The molecule has 0 saturated heterocycles. The molecule has 1 N–H and O–H groups in total. The van der Waals surface area contributed by atoms with E-state index in [2.05, 4.69) is 33.9 Å². The highest BCUT2D eigenvalue weighted by Crippen LogP contribution is 2.24. The zero-order chi connectivity index (χ0) is 14.0. The number of benzene rings is 2. The molecule has 0 radical (unpaired) electrons. The molecule has 0 aromatic heterocycles. The fourth-order valence-corrected chi connectivity index (χ4v) is 2.71. The van der Waals surface area contributed by atoms with Gasteiger partial charge in [-0.1, -0.05) is 0 Å². The average molecular weight is 452 g/mol. The van der Waals surface area contributed by atoms with Gasteiger partial charge in [-0.3, -0.25) is 4.79 Å². The molecular weight excluding hydrogens is 444 g/mol. The molecule has 0 saturated carbocycles. The van der Waals surface area contributed by atoms with E-state index in [9.17, 15) is 9.18 Å². The van der Waals surface area contributed by atoms with E-state index in [4.69, 9.17) is 0 Å². The van der Waals surface area contributed by atoms with Crippen LogP contribution in [0.15, 0.2) is 45.8 Å². The molecule has 1 amide bonds. The molecule has 2 aromatic carbocycles. The SMILES string of the molecule is O=C(Nc1ccc(F)cc1I)c1cc(S)ccc1Br. The van der Waals surface area contributed by atoms with Gasteiger partial charge in [0.05, 0.1) is 11.3 Å². The number of rotatable bonds is 2. The first-order valence-corrected chi connectivity index (χ1v) is 7.54. The predicted octanol–water partition coefficient (Wildman–Crippen LogP) is 4.73. The monoisotopic (exact) mass is 451 g/mol. The lowest BCUT2D eigenvalue weighted by Crippen LogP contribution is -2.13. The normalized spacial score (nSPS) is 10.3. The summed E-state index contributed by atoms with van der Waals surface area (Å²) in [4.78, 5) is 12.8. The Labute approximate surface area is 137 Å². The Bertz CT molecular complexity index is 651. The van der Waals surface area contributed by atoms with Crippen LogP contribution in [-0.4, -0.2) is 5.91 Å². The summed E-state index contributed by atoms with van der Waals surface area (Å²) in [5.41, 5.74) is 1.05. The van der Waals surface area contributed by atoms with Gasteiger partial charge in [-0.25, -0.2) is 4.39 Å². The summed E-state index contributed by atoms with van der Waals surface area (Å²) in [5.74, 6) is -0.603. The molecule has 0 fully saturated rings.